The average Bonchev–Trinajstić information content (AvgIpc) is 3.17. The minimum atomic E-state index is -1.79. The van der Waals surface area contributed by atoms with E-state index in [-0.39, 0.29) is 16.7 Å². The molecule has 3 aliphatic carbocycles. The van der Waals surface area contributed by atoms with Gasteiger partial charge >= 0.3 is 0 Å². The zero-order valence-electron chi connectivity index (χ0n) is 20.7. The van der Waals surface area contributed by atoms with Crippen LogP contribution in [-0.4, -0.2) is 26.6 Å². The minimum absolute atomic E-state index is 0.180. The fourth-order valence-electron chi connectivity index (χ4n) is 6.31. The van der Waals surface area contributed by atoms with Crippen molar-refractivity contribution in [3.05, 3.63) is 22.7 Å². The Hall–Kier alpha value is 0.0969. The second-order valence-corrected chi connectivity index (χ2v) is 17.5. The van der Waals surface area contributed by atoms with E-state index < -0.39 is 8.32 Å². The molecule has 0 amide bonds. The molecular weight excluding hydrogens is 452 g/mol. The molecule has 0 aromatic heterocycles. The fraction of sp³-hybridized carbons (Fsp3) is 0.846. The van der Waals surface area contributed by atoms with Crippen LogP contribution >= 0.6 is 15.9 Å². The van der Waals surface area contributed by atoms with Gasteiger partial charge in [0.1, 0.15) is 0 Å². The first-order valence-corrected chi connectivity index (χ1v) is 15.9. The molecule has 172 valence electrons. The van der Waals surface area contributed by atoms with Gasteiger partial charge in [-0.2, -0.15) is 0 Å². The number of ether oxygens (including phenoxy) is 1. The third kappa shape index (κ3) is 4.87. The van der Waals surface area contributed by atoms with Crippen molar-refractivity contribution >= 4 is 24.2 Å². The van der Waals surface area contributed by atoms with Crippen molar-refractivity contribution in [2.45, 2.75) is 110 Å². The third-order valence-electron chi connectivity index (χ3n) is 9.00. The number of hydrogen-bond donors (Lipinski definition) is 0. The van der Waals surface area contributed by atoms with Crippen molar-refractivity contribution in [3.8, 4) is 0 Å². The average molecular weight is 498 g/mol. The lowest BCUT2D eigenvalue weighted by Gasteiger charge is -2.44. The number of halogens is 1. The maximum Gasteiger partial charge on any atom is 0.193 e. The topological polar surface area (TPSA) is 18.5 Å². The number of allylic oxidation sites excluding steroid dienone is 1. The summed E-state index contributed by atoms with van der Waals surface area (Å²) in [5, 5.41) is 0.230. The molecule has 2 fully saturated rings. The van der Waals surface area contributed by atoms with Gasteiger partial charge in [-0.1, -0.05) is 68.3 Å². The Morgan fingerprint density at radius 3 is 2.60 bits per heavy atom. The lowest BCUT2D eigenvalue weighted by Crippen LogP contribution is -2.47. The first kappa shape index (κ1) is 24.7. The van der Waals surface area contributed by atoms with E-state index in [0.717, 1.165) is 24.9 Å². The van der Waals surface area contributed by atoms with Gasteiger partial charge in [-0.3, -0.25) is 0 Å². The van der Waals surface area contributed by atoms with Gasteiger partial charge in [0, 0.05) is 6.42 Å². The van der Waals surface area contributed by atoms with Crippen molar-refractivity contribution in [1.29, 1.82) is 0 Å². The molecule has 3 aliphatic rings. The van der Waals surface area contributed by atoms with Crippen molar-refractivity contribution in [1.82, 2.24) is 0 Å². The van der Waals surface area contributed by atoms with E-state index in [1.54, 1.807) is 5.57 Å². The molecular formula is C26H45BrO2Si. The van der Waals surface area contributed by atoms with Crippen LogP contribution in [0.15, 0.2) is 22.7 Å². The van der Waals surface area contributed by atoms with Crippen molar-refractivity contribution in [3.63, 3.8) is 0 Å². The summed E-state index contributed by atoms with van der Waals surface area (Å²) in [6, 6.07) is 0. The van der Waals surface area contributed by atoms with Crippen molar-refractivity contribution in [2.24, 2.45) is 23.2 Å². The summed E-state index contributed by atoms with van der Waals surface area (Å²) in [5.41, 5.74) is 1.92. The predicted octanol–water partition coefficient (Wildman–Crippen LogP) is 8.24. The van der Waals surface area contributed by atoms with E-state index in [1.165, 1.54) is 32.1 Å². The molecule has 30 heavy (non-hydrogen) atoms. The molecule has 0 saturated heterocycles. The van der Waals surface area contributed by atoms with E-state index in [9.17, 15) is 0 Å². The normalized spacial score (nSPS) is 39.5. The zero-order chi connectivity index (χ0) is 22.4. The monoisotopic (exact) mass is 496 g/mol. The van der Waals surface area contributed by atoms with Crippen LogP contribution in [0.3, 0.4) is 0 Å². The fourth-order valence-corrected chi connectivity index (χ4v) is 8.48. The summed E-state index contributed by atoms with van der Waals surface area (Å²) >= 11 is 3.64. The van der Waals surface area contributed by atoms with Crippen LogP contribution in [0.5, 0.6) is 0 Å². The quantitative estimate of drug-likeness (QED) is 0.272. The molecule has 2 nitrogen and oxygen atoms in total. The van der Waals surface area contributed by atoms with Crippen LogP contribution in [-0.2, 0) is 9.16 Å². The highest BCUT2D eigenvalue weighted by molar-refractivity contribution is 9.11. The molecule has 3 rings (SSSR count). The van der Waals surface area contributed by atoms with E-state index in [4.69, 9.17) is 9.16 Å². The first-order valence-electron chi connectivity index (χ1n) is 12.1. The molecule has 2 saturated carbocycles. The minimum Gasteiger partial charge on any atom is -0.408 e. The van der Waals surface area contributed by atoms with Crippen molar-refractivity contribution < 1.29 is 9.16 Å². The largest absolute Gasteiger partial charge is 0.408 e. The van der Waals surface area contributed by atoms with Crippen LogP contribution in [0.25, 0.3) is 0 Å². The van der Waals surface area contributed by atoms with Gasteiger partial charge in [0.05, 0.1) is 18.3 Å². The maximum absolute atomic E-state index is 6.76. The Labute approximate surface area is 195 Å². The predicted molar refractivity (Wildman–Crippen MR) is 135 cm³/mol. The molecule has 0 spiro atoms. The molecule has 0 bridgehead atoms. The molecule has 0 heterocycles. The molecule has 0 aromatic carbocycles. The second-order valence-electron chi connectivity index (χ2n) is 12.4. The van der Waals surface area contributed by atoms with Gasteiger partial charge in [-0.05, 0) is 85.3 Å². The second kappa shape index (κ2) is 8.80. The Bertz CT molecular complexity index is 679. The Morgan fingerprint density at radius 1 is 1.27 bits per heavy atom. The van der Waals surface area contributed by atoms with E-state index in [0.29, 0.717) is 11.3 Å². The van der Waals surface area contributed by atoms with Gasteiger partial charge in [0.2, 0.25) is 0 Å². The molecule has 0 N–H and O–H groups in total. The van der Waals surface area contributed by atoms with Crippen LogP contribution in [0.2, 0.25) is 18.1 Å². The molecule has 4 heteroatoms. The van der Waals surface area contributed by atoms with Gasteiger partial charge in [0.25, 0.3) is 0 Å². The SMILES string of the molecule is C[C@@H](CO[C@H]1C=C[C@](C)(O[Si](C)(C)C(C)(C)C)C1)[C@H]1CCC2/C(=C/Br)CCC[C@@]21C. The highest BCUT2D eigenvalue weighted by Crippen LogP contribution is 2.59. The Balaban J connectivity index is 1.55. The highest BCUT2D eigenvalue weighted by Gasteiger charge is 2.51. The Morgan fingerprint density at radius 2 is 1.97 bits per heavy atom. The van der Waals surface area contributed by atoms with Crippen LogP contribution in [0, 0.1) is 23.2 Å². The maximum atomic E-state index is 6.76. The number of hydrogen-bond acceptors (Lipinski definition) is 2. The van der Waals surface area contributed by atoms with Gasteiger partial charge in [-0.15, -0.1) is 0 Å². The summed E-state index contributed by atoms with van der Waals surface area (Å²) in [6.45, 7) is 19.7. The van der Waals surface area contributed by atoms with Crippen LogP contribution < -0.4 is 0 Å². The van der Waals surface area contributed by atoms with Gasteiger partial charge in [-0.25, -0.2) is 0 Å². The van der Waals surface area contributed by atoms with Gasteiger partial charge in [0.15, 0.2) is 8.32 Å². The van der Waals surface area contributed by atoms with Crippen LogP contribution in [0.4, 0.5) is 0 Å². The number of rotatable bonds is 6. The summed E-state index contributed by atoms with van der Waals surface area (Å²) in [7, 11) is -1.79. The molecule has 1 unspecified atom stereocenters. The standard InChI is InChI=1S/C26H45BrO2Si/c1-19(22-11-12-23-20(17-27)10-9-14-26(22,23)6)18-28-21-13-15-25(5,16-21)29-30(7,8)24(2,3)4/h13,15,17,19,21-23H,9-12,14,16,18H2,1-8H3/b20-17+/t19-,21-,22+,23?,25-,26+/m0/s1. The molecule has 0 radical (unpaired) electrons. The van der Waals surface area contributed by atoms with E-state index in [2.05, 4.69) is 87.7 Å². The first-order chi connectivity index (χ1) is 13.8. The zero-order valence-corrected chi connectivity index (χ0v) is 23.3. The number of fused-ring (bicyclic) bond motifs is 1. The lowest BCUT2D eigenvalue weighted by atomic mass is 9.61. The molecule has 0 aromatic rings. The summed E-state index contributed by atoms with van der Waals surface area (Å²) in [5.74, 6) is 2.15. The summed E-state index contributed by atoms with van der Waals surface area (Å²) < 4.78 is 13.2. The van der Waals surface area contributed by atoms with E-state index >= 15 is 0 Å². The van der Waals surface area contributed by atoms with E-state index in [1.807, 2.05) is 0 Å². The van der Waals surface area contributed by atoms with Gasteiger partial charge < -0.3 is 9.16 Å². The molecule has 0 aliphatic heterocycles. The highest BCUT2D eigenvalue weighted by atomic mass is 79.9. The molecule has 6 atom stereocenters. The Kier molecular flexibility index (Phi) is 7.25. The lowest BCUT2D eigenvalue weighted by molar-refractivity contribution is -0.00555. The van der Waals surface area contributed by atoms with Crippen LogP contribution in [0.1, 0.15) is 80.1 Å². The third-order valence-corrected chi connectivity index (χ3v) is 14.2. The summed E-state index contributed by atoms with van der Waals surface area (Å²) in [4.78, 5) is 2.23. The smallest absolute Gasteiger partial charge is 0.193 e. The van der Waals surface area contributed by atoms with Crippen molar-refractivity contribution in [2.75, 3.05) is 6.61 Å². The summed E-state index contributed by atoms with van der Waals surface area (Å²) in [6.07, 6.45) is 12.4.